The molecule has 1 N–H and O–H groups in total. The van der Waals surface area contributed by atoms with Gasteiger partial charge >= 0.3 is 0 Å². The summed E-state index contributed by atoms with van der Waals surface area (Å²) in [7, 11) is 0. The Bertz CT molecular complexity index is 807. The lowest BCUT2D eigenvalue weighted by atomic mass is 10.2. The first-order valence-corrected chi connectivity index (χ1v) is 6.75. The highest BCUT2D eigenvalue weighted by Crippen LogP contribution is 2.39. The summed E-state index contributed by atoms with van der Waals surface area (Å²) in [4.78, 5) is 20.5. The summed E-state index contributed by atoms with van der Waals surface area (Å²) in [5.74, 6) is 1.31. The average molecular weight is 297 g/mol. The lowest BCUT2D eigenvalue weighted by Gasteiger charge is -2.03. The van der Waals surface area contributed by atoms with Crippen LogP contribution in [0, 0.1) is 0 Å². The van der Waals surface area contributed by atoms with Gasteiger partial charge in [0.25, 0.3) is 11.9 Å². The van der Waals surface area contributed by atoms with Crippen molar-refractivity contribution in [2.24, 2.45) is 0 Å². The number of aromatic nitrogens is 6. The first-order valence-electron chi connectivity index (χ1n) is 6.75. The summed E-state index contributed by atoms with van der Waals surface area (Å²) in [5, 5.41) is 13.8. The van der Waals surface area contributed by atoms with Crippen LogP contribution in [0.5, 0.6) is 0 Å². The number of hydrogen-bond acceptors (Lipinski definition) is 7. The quantitative estimate of drug-likeness (QED) is 0.769. The van der Waals surface area contributed by atoms with Crippen LogP contribution in [0.1, 0.15) is 35.0 Å². The summed E-state index contributed by atoms with van der Waals surface area (Å²) in [6.07, 6.45) is 6.66. The molecule has 1 aliphatic rings. The van der Waals surface area contributed by atoms with Crippen LogP contribution in [0.3, 0.4) is 0 Å². The van der Waals surface area contributed by atoms with E-state index in [9.17, 15) is 4.79 Å². The normalized spacial score (nSPS) is 14.0. The number of anilines is 1. The monoisotopic (exact) mass is 297 g/mol. The number of hydrogen-bond donors (Lipinski definition) is 1. The van der Waals surface area contributed by atoms with Gasteiger partial charge in [-0.25, -0.2) is 4.98 Å². The van der Waals surface area contributed by atoms with Gasteiger partial charge in [-0.1, -0.05) is 0 Å². The van der Waals surface area contributed by atoms with E-state index in [4.69, 9.17) is 4.52 Å². The molecule has 1 amide bonds. The molecule has 9 heteroatoms. The maximum Gasteiger partial charge on any atom is 0.270 e. The molecule has 3 aromatic heterocycles. The zero-order valence-corrected chi connectivity index (χ0v) is 11.4. The molecule has 0 atom stereocenters. The number of rotatable bonds is 4. The summed E-state index contributed by atoms with van der Waals surface area (Å²) < 4.78 is 6.71. The second kappa shape index (κ2) is 5.02. The maximum atomic E-state index is 12.2. The first kappa shape index (κ1) is 12.6. The summed E-state index contributed by atoms with van der Waals surface area (Å²) in [5.41, 5.74) is 0.427. The van der Waals surface area contributed by atoms with Gasteiger partial charge in [0.2, 0.25) is 5.89 Å². The second-order valence-corrected chi connectivity index (χ2v) is 4.96. The molecule has 3 heterocycles. The predicted molar refractivity (Wildman–Crippen MR) is 73.4 cm³/mol. The van der Waals surface area contributed by atoms with E-state index < -0.39 is 0 Å². The Morgan fingerprint density at radius 1 is 1.32 bits per heavy atom. The highest BCUT2D eigenvalue weighted by atomic mass is 16.5. The van der Waals surface area contributed by atoms with Crippen molar-refractivity contribution < 1.29 is 9.32 Å². The Morgan fingerprint density at radius 2 is 2.14 bits per heavy atom. The fourth-order valence-electron chi connectivity index (χ4n) is 1.98. The van der Waals surface area contributed by atoms with Crippen LogP contribution in [0.2, 0.25) is 0 Å². The van der Waals surface area contributed by atoms with Crippen LogP contribution < -0.4 is 5.32 Å². The first-order chi connectivity index (χ1) is 10.8. The molecule has 1 saturated carbocycles. The molecule has 3 aromatic rings. The Kier molecular flexibility index (Phi) is 2.88. The highest BCUT2D eigenvalue weighted by Gasteiger charge is 2.29. The molecule has 1 fully saturated rings. The molecule has 22 heavy (non-hydrogen) atoms. The third-order valence-electron chi connectivity index (χ3n) is 3.28. The second-order valence-electron chi connectivity index (χ2n) is 4.96. The van der Waals surface area contributed by atoms with Crippen LogP contribution in [-0.2, 0) is 0 Å². The molecule has 4 rings (SSSR count). The van der Waals surface area contributed by atoms with E-state index in [0.717, 1.165) is 12.8 Å². The van der Waals surface area contributed by atoms with Crippen molar-refractivity contribution in [1.29, 1.82) is 0 Å². The molecule has 9 nitrogen and oxygen atoms in total. The Labute approximate surface area is 124 Å². The van der Waals surface area contributed by atoms with E-state index >= 15 is 0 Å². The standard InChI is InChI=1S/C13H11N7O2/c21-11(17-13-18-12(22-19-13)8-1-2-8)9-3-4-14-10(5-9)20-6-15-16-7-20/h3-8H,1-2H2,(H,17,19,21). The van der Waals surface area contributed by atoms with Gasteiger partial charge in [-0.05, 0) is 30.1 Å². The van der Waals surface area contributed by atoms with E-state index in [-0.39, 0.29) is 11.9 Å². The molecule has 0 bridgehead atoms. The van der Waals surface area contributed by atoms with Gasteiger partial charge in [0.1, 0.15) is 18.5 Å². The minimum atomic E-state index is -0.333. The molecule has 0 unspecified atom stereocenters. The van der Waals surface area contributed by atoms with E-state index in [1.165, 1.54) is 18.9 Å². The van der Waals surface area contributed by atoms with Crippen LogP contribution >= 0.6 is 0 Å². The lowest BCUT2D eigenvalue weighted by Crippen LogP contribution is -2.13. The van der Waals surface area contributed by atoms with Gasteiger partial charge < -0.3 is 4.52 Å². The predicted octanol–water partition coefficient (Wildman–Crippen LogP) is 1.17. The fraction of sp³-hybridized carbons (Fsp3) is 0.231. The third kappa shape index (κ3) is 2.43. The minimum Gasteiger partial charge on any atom is -0.337 e. The van der Waals surface area contributed by atoms with E-state index in [1.54, 1.807) is 16.7 Å². The topological polar surface area (TPSA) is 112 Å². The largest absolute Gasteiger partial charge is 0.337 e. The van der Waals surface area contributed by atoms with Gasteiger partial charge in [0, 0.05) is 17.7 Å². The summed E-state index contributed by atoms with van der Waals surface area (Å²) in [6, 6.07) is 3.23. The summed E-state index contributed by atoms with van der Waals surface area (Å²) >= 11 is 0. The molecule has 110 valence electrons. The average Bonchev–Trinajstić information content (AvgIpc) is 3.06. The Morgan fingerprint density at radius 3 is 2.91 bits per heavy atom. The van der Waals surface area contributed by atoms with Crippen molar-refractivity contribution in [1.82, 2.24) is 29.9 Å². The van der Waals surface area contributed by atoms with Crippen molar-refractivity contribution in [2.75, 3.05) is 5.32 Å². The van der Waals surface area contributed by atoms with E-state index in [0.29, 0.717) is 23.2 Å². The number of carbonyl (C=O) groups is 1. The van der Waals surface area contributed by atoms with Crippen LogP contribution in [0.4, 0.5) is 5.95 Å². The zero-order valence-electron chi connectivity index (χ0n) is 11.4. The van der Waals surface area contributed by atoms with Crippen molar-refractivity contribution >= 4 is 11.9 Å². The molecule has 0 spiro atoms. The molecular formula is C13H11N7O2. The Hall–Kier alpha value is -3.10. The van der Waals surface area contributed by atoms with Crippen LogP contribution in [0.25, 0.3) is 5.82 Å². The van der Waals surface area contributed by atoms with Crippen molar-refractivity contribution in [2.45, 2.75) is 18.8 Å². The number of nitrogens with one attached hydrogen (secondary N) is 1. The molecule has 1 aliphatic carbocycles. The molecular weight excluding hydrogens is 286 g/mol. The van der Waals surface area contributed by atoms with E-state index in [2.05, 4.69) is 30.6 Å². The molecule has 0 aliphatic heterocycles. The van der Waals surface area contributed by atoms with Crippen molar-refractivity contribution in [3.63, 3.8) is 0 Å². The van der Waals surface area contributed by atoms with Gasteiger partial charge in [-0.2, -0.15) is 4.98 Å². The SMILES string of the molecule is O=C(Nc1noc(C2CC2)n1)c1ccnc(-n2cnnc2)c1. The number of carbonyl (C=O) groups excluding carboxylic acids is 1. The minimum absolute atomic E-state index is 0.176. The van der Waals surface area contributed by atoms with Gasteiger partial charge in [0.05, 0.1) is 0 Å². The Balaban J connectivity index is 1.53. The van der Waals surface area contributed by atoms with Gasteiger partial charge in [0.15, 0.2) is 0 Å². The van der Waals surface area contributed by atoms with E-state index in [1.807, 2.05) is 0 Å². The molecule has 0 aromatic carbocycles. The van der Waals surface area contributed by atoms with Crippen LogP contribution in [-0.4, -0.2) is 35.8 Å². The third-order valence-corrected chi connectivity index (χ3v) is 3.28. The number of pyridine rings is 1. The van der Waals surface area contributed by atoms with Crippen molar-refractivity contribution in [3.8, 4) is 5.82 Å². The fourth-order valence-corrected chi connectivity index (χ4v) is 1.98. The van der Waals surface area contributed by atoms with Gasteiger partial charge in [-0.15, -0.1) is 10.2 Å². The highest BCUT2D eigenvalue weighted by molar-refractivity contribution is 6.03. The van der Waals surface area contributed by atoms with Gasteiger partial charge in [-0.3, -0.25) is 14.7 Å². The zero-order chi connectivity index (χ0) is 14.9. The number of amides is 1. The molecule has 0 radical (unpaired) electrons. The molecule has 0 saturated heterocycles. The lowest BCUT2D eigenvalue weighted by molar-refractivity contribution is 0.102. The van der Waals surface area contributed by atoms with Crippen molar-refractivity contribution in [3.05, 3.63) is 42.4 Å². The smallest absolute Gasteiger partial charge is 0.270 e. The maximum absolute atomic E-state index is 12.2. The van der Waals surface area contributed by atoms with Crippen LogP contribution in [0.15, 0.2) is 35.5 Å². The summed E-state index contributed by atoms with van der Waals surface area (Å²) in [6.45, 7) is 0. The number of nitrogens with zero attached hydrogens (tertiary/aromatic N) is 6.